The molecule has 0 aromatic rings. The molecule has 0 unspecified atom stereocenters. The molecule has 0 aliphatic heterocycles. The third kappa shape index (κ3) is 4.90. The molecule has 5 nitrogen and oxygen atoms in total. The molecule has 0 heterocycles. The Morgan fingerprint density at radius 1 is 1.19 bits per heavy atom. The summed E-state index contributed by atoms with van der Waals surface area (Å²) in [5.41, 5.74) is -0.367. The van der Waals surface area contributed by atoms with Gasteiger partial charge < -0.3 is 15.3 Å². The summed E-state index contributed by atoms with van der Waals surface area (Å²) >= 11 is 0. The molecule has 0 spiro atoms. The number of carbonyl (C=O) groups is 2. The predicted molar refractivity (Wildman–Crippen MR) is 81.0 cm³/mol. The van der Waals surface area contributed by atoms with E-state index >= 15 is 0 Å². The van der Waals surface area contributed by atoms with Crippen molar-refractivity contribution in [2.75, 3.05) is 13.1 Å². The van der Waals surface area contributed by atoms with Crippen LogP contribution in [-0.2, 0) is 4.79 Å². The fourth-order valence-electron chi connectivity index (χ4n) is 3.02. The number of aliphatic carboxylic acids is 1. The Balaban J connectivity index is 1.86. The Bertz CT molecular complexity index is 383. The van der Waals surface area contributed by atoms with Gasteiger partial charge in [0, 0.05) is 18.6 Å². The van der Waals surface area contributed by atoms with Crippen molar-refractivity contribution in [1.82, 2.24) is 10.2 Å². The van der Waals surface area contributed by atoms with Gasteiger partial charge in [-0.25, -0.2) is 4.79 Å². The number of hydrogen-bond donors (Lipinski definition) is 2. The molecule has 2 N–H and O–H groups in total. The number of carbonyl (C=O) groups excluding carboxylic acids is 1. The first-order valence-electron chi connectivity index (χ1n) is 8.06. The topological polar surface area (TPSA) is 69.6 Å². The first-order valence-corrected chi connectivity index (χ1v) is 8.06. The first kappa shape index (κ1) is 16.1. The van der Waals surface area contributed by atoms with E-state index in [1.165, 1.54) is 25.7 Å². The zero-order valence-corrected chi connectivity index (χ0v) is 13.4. The minimum atomic E-state index is -0.870. The van der Waals surface area contributed by atoms with Gasteiger partial charge in [-0.3, -0.25) is 4.79 Å². The fraction of sp³-hybridized carbons (Fsp3) is 0.875. The highest BCUT2D eigenvalue weighted by Gasteiger charge is 2.41. The lowest BCUT2D eigenvalue weighted by Crippen LogP contribution is -2.52. The van der Waals surface area contributed by atoms with Gasteiger partial charge >= 0.3 is 12.0 Å². The number of nitrogens with one attached hydrogen (secondary N) is 1. The third-order valence-electron chi connectivity index (χ3n) is 4.55. The number of carboxylic acids is 1. The molecule has 0 atom stereocenters. The maximum absolute atomic E-state index is 12.4. The molecule has 0 aromatic heterocycles. The summed E-state index contributed by atoms with van der Waals surface area (Å²) in [6.07, 6.45) is 5.20. The van der Waals surface area contributed by atoms with Crippen molar-refractivity contribution in [2.45, 2.75) is 58.4 Å². The smallest absolute Gasteiger partial charge is 0.317 e. The number of hydrogen-bond acceptors (Lipinski definition) is 2. The molecule has 21 heavy (non-hydrogen) atoms. The molecule has 120 valence electrons. The van der Waals surface area contributed by atoms with Crippen LogP contribution in [0.2, 0.25) is 0 Å². The highest BCUT2D eigenvalue weighted by molar-refractivity contribution is 5.76. The van der Waals surface area contributed by atoms with Gasteiger partial charge in [0.2, 0.25) is 0 Å². The average Bonchev–Trinajstić information content (AvgIpc) is 3.22. The molecule has 2 rings (SSSR count). The monoisotopic (exact) mass is 296 g/mol. The third-order valence-corrected chi connectivity index (χ3v) is 4.55. The van der Waals surface area contributed by atoms with Gasteiger partial charge in [0.15, 0.2) is 0 Å². The average molecular weight is 296 g/mol. The zero-order chi connectivity index (χ0) is 15.6. The second-order valence-electron chi connectivity index (χ2n) is 7.49. The van der Waals surface area contributed by atoms with Gasteiger partial charge in [-0.2, -0.15) is 0 Å². The first-order chi connectivity index (χ1) is 9.79. The second-order valence-corrected chi connectivity index (χ2v) is 7.49. The van der Waals surface area contributed by atoms with Crippen LogP contribution >= 0.6 is 0 Å². The molecule has 2 saturated carbocycles. The summed E-state index contributed by atoms with van der Waals surface area (Å²) in [7, 11) is 0. The van der Waals surface area contributed by atoms with E-state index in [9.17, 15) is 9.59 Å². The van der Waals surface area contributed by atoms with E-state index < -0.39 is 5.97 Å². The van der Waals surface area contributed by atoms with Crippen LogP contribution in [0.15, 0.2) is 0 Å². The molecule has 0 radical (unpaired) electrons. The number of amides is 2. The largest absolute Gasteiger partial charge is 0.481 e. The Morgan fingerprint density at radius 3 is 2.10 bits per heavy atom. The second kappa shape index (κ2) is 6.24. The lowest BCUT2D eigenvalue weighted by Gasteiger charge is -2.35. The molecule has 0 aromatic carbocycles. The van der Waals surface area contributed by atoms with Crippen molar-refractivity contribution in [3.8, 4) is 0 Å². The molecular formula is C16H28N2O3. The minimum Gasteiger partial charge on any atom is -0.481 e. The van der Waals surface area contributed by atoms with Crippen molar-refractivity contribution in [3.05, 3.63) is 0 Å². The van der Waals surface area contributed by atoms with Crippen molar-refractivity contribution in [2.24, 2.45) is 17.8 Å². The maximum Gasteiger partial charge on any atom is 0.317 e. The van der Waals surface area contributed by atoms with Crippen molar-refractivity contribution >= 4 is 12.0 Å². The van der Waals surface area contributed by atoms with Gasteiger partial charge in [0.25, 0.3) is 0 Å². The normalized spacial score (nSPS) is 18.7. The molecular weight excluding hydrogens is 268 g/mol. The quantitative estimate of drug-likeness (QED) is 0.759. The summed E-state index contributed by atoms with van der Waals surface area (Å²) in [4.78, 5) is 24.8. The van der Waals surface area contributed by atoms with Gasteiger partial charge in [-0.15, -0.1) is 0 Å². The molecule has 0 bridgehead atoms. The van der Waals surface area contributed by atoms with Crippen LogP contribution in [0, 0.1) is 17.8 Å². The van der Waals surface area contributed by atoms with Crippen molar-refractivity contribution in [1.29, 1.82) is 0 Å². The van der Waals surface area contributed by atoms with E-state index in [4.69, 9.17) is 5.11 Å². The van der Waals surface area contributed by atoms with E-state index in [0.717, 1.165) is 18.4 Å². The van der Waals surface area contributed by atoms with Crippen molar-refractivity contribution in [3.63, 3.8) is 0 Å². The molecule has 0 saturated heterocycles. The van der Waals surface area contributed by atoms with Crippen LogP contribution in [-0.4, -0.2) is 40.6 Å². The number of nitrogens with zero attached hydrogens (tertiary/aromatic N) is 1. The van der Waals surface area contributed by atoms with Gasteiger partial charge in [0.05, 0.1) is 6.42 Å². The van der Waals surface area contributed by atoms with Gasteiger partial charge in [0.1, 0.15) is 0 Å². The summed E-state index contributed by atoms with van der Waals surface area (Å²) in [5.74, 6) is 1.38. The lowest BCUT2D eigenvalue weighted by molar-refractivity contribution is -0.137. The maximum atomic E-state index is 12.4. The van der Waals surface area contributed by atoms with Crippen LogP contribution < -0.4 is 5.32 Å². The highest BCUT2D eigenvalue weighted by atomic mass is 16.4. The number of carboxylic acid groups (broad SMARTS) is 1. The van der Waals surface area contributed by atoms with E-state index in [-0.39, 0.29) is 24.5 Å². The Morgan fingerprint density at radius 2 is 1.71 bits per heavy atom. The zero-order valence-electron chi connectivity index (χ0n) is 13.4. The SMILES string of the molecule is CC(C)(C)N(CCC(=O)O)C(=O)NCC(C1CC1)C1CC1. The Kier molecular flexibility index (Phi) is 4.79. The van der Waals surface area contributed by atoms with Crippen LogP contribution in [0.3, 0.4) is 0 Å². The van der Waals surface area contributed by atoms with Crippen LogP contribution in [0.25, 0.3) is 0 Å². The summed E-state index contributed by atoms with van der Waals surface area (Å²) in [5, 5.41) is 11.9. The molecule has 2 aliphatic carbocycles. The summed E-state index contributed by atoms with van der Waals surface area (Å²) < 4.78 is 0. The molecule has 5 heteroatoms. The minimum absolute atomic E-state index is 0.0145. The van der Waals surface area contributed by atoms with Crippen molar-refractivity contribution < 1.29 is 14.7 Å². The molecule has 2 amide bonds. The summed E-state index contributed by atoms with van der Waals surface area (Å²) in [6, 6.07) is -0.130. The predicted octanol–water partition coefficient (Wildman–Crippen LogP) is 2.71. The molecule has 2 fully saturated rings. The number of urea groups is 1. The van der Waals surface area contributed by atoms with Gasteiger partial charge in [-0.1, -0.05) is 0 Å². The van der Waals surface area contributed by atoms with E-state index in [1.54, 1.807) is 4.90 Å². The van der Waals surface area contributed by atoms with E-state index in [0.29, 0.717) is 5.92 Å². The fourth-order valence-corrected chi connectivity index (χ4v) is 3.02. The number of rotatable bonds is 7. The highest BCUT2D eigenvalue weighted by Crippen LogP contribution is 2.48. The van der Waals surface area contributed by atoms with Gasteiger partial charge in [-0.05, 0) is 64.2 Å². The lowest BCUT2D eigenvalue weighted by atomic mass is 9.98. The molecule has 2 aliphatic rings. The van der Waals surface area contributed by atoms with Crippen LogP contribution in [0.4, 0.5) is 4.79 Å². The summed E-state index contributed by atoms with van der Waals surface area (Å²) in [6.45, 7) is 6.81. The van der Waals surface area contributed by atoms with E-state index in [1.807, 2.05) is 20.8 Å². The van der Waals surface area contributed by atoms with Crippen LogP contribution in [0.5, 0.6) is 0 Å². The van der Waals surface area contributed by atoms with E-state index in [2.05, 4.69) is 5.32 Å². The Labute approximate surface area is 127 Å². The van der Waals surface area contributed by atoms with Crippen LogP contribution in [0.1, 0.15) is 52.9 Å². The Hall–Kier alpha value is -1.26. The standard InChI is InChI=1S/C16H28N2O3/c1-16(2,3)18(9-8-14(19)20)15(21)17-10-13(11-4-5-11)12-6-7-12/h11-13H,4-10H2,1-3H3,(H,17,21)(H,19,20).